The number of anilines is 1. The molecule has 0 saturated carbocycles. The van der Waals surface area contributed by atoms with Crippen LogP contribution in [0.5, 0.6) is 0 Å². The van der Waals surface area contributed by atoms with Crippen molar-refractivity contribution in [3.05, 3.63) is 18.5 Å². The van der Waals surface area contributed by atoms with Crippen LogP contribution in [0.2, 0.25) is 0 Å². The predicted molar refractivity (Wildman–Crippen MR) is 74.4 cm³/mol. The average Bonchev–Trinajstić information content (AvgIpc) is 2.56. The smallest absolute Gasteiger partial charge is 0.227 e. The first-order valence-electron chi connectivity index (χ1n) is 7.23. The average molecular weight is 276 g/mol. The van der Waals surface area contributed by atoms with Gasteiger partial charge in [-0.25, -0.2) is 9.97 Å². The summed E-state index contributed by atoms with van der Waals surface area (Å²) < 4.78 is 5.30. The number of morpholine rings is 1. The van der Waals surface area contributed by atoms with Crippen molar-refractivity contribution < 1.29 is 9.53 Å². The van der Waals surface area contributed by atoms with Crippen LogP contribution in [0.1, 0.15) is 12.8 Å². The molecule has 6 heteroatoms. The van der Waals surface area contributed by atoms with Gasteiger partial charge in [-0.05, 0) is 18.9 Å². The summed E-state index contributed by atoms with van der Waals surface area (Å²) in [5, 5.41) is 0. The maximum Gasteiger partial charge on any atom is 0.227 e. The van der Waals surface area contributed by atoms with Crippen LogP contribution in [0.15, 0.2) is 18.5 Å². The number of nitrogens with zero attached hydrogens (tertiary/aromatic N) is 4. The van der Waals surface area contributed by atoms with Gasteiger partial charge in [0.05, 0.1) is 19.1 Å². The zero-order valence-electron chi connectivity index (χ0n) is 11.6. The summed E-state index contributed by atoms with van der Waals surface area (Å²) in [7, 11) is 0. The van der Waals surface area contributed by atoms with Crippen LogP contribution in [0.3, 0.4) is 0 Å². The van der Waals surface area contributed by atoms with Gasteiger partial charge in [-0.15, -0.1) is 0 Å². The van der Waals surface area contributed by atoms with Gasteiger partial charge in [0.1, 0.15) is 0 Å². The van der Waals surface area contributed by atoms with Crippen LogP contribution >= 0.6 is 0 Å². The van der Waals surface area contributed by atoms with Crippen molar-refractivity contribution in [3.8, 4) is 0 Å². The largest absolute Gasteiger partial charge is 0.378 e. The molecule has 2 aliphatic rings. The first kappa shape index (κ1) is 13.3. The molecule has 108 valence electrons. The van der Waals surface area contributed by atoms with Gasteiger partial charge in [-0.3, -0.25) is 4.79 Å². The number of piperidine rings is 1. The van der Waals surface area contributed by atoms with Crippen LogP contribution in [-0.4, -0.2) is 60.2 Å². The second kappa shape index (κ2) is 6.17. The third kappa shape index (κ3) is 2.90. The number of aromatic nitrogens is 2. The molecule has 0 aromatic carbocycles. The van der Waals surface area contributed by atoms with E-state index in [0.717, 1.165) is 45.0 Å². The molecule has 2 aliphatic heterocycles. The molecule has 1 atom stereocenters. The Bertz CT molecular complexity index is 448. The lowest BCUT2D eigenvalue weighted by Crippen LogP contribution is -2.48. The van der Waals surface area contributed by atoms with Crippen molar-refractivity contribution in [2.24, 2.45) is 5.92 Å². The van der Waals surface area contributed by atoms with E-state index in [1.54, 1.807) is 12.4 Å². The van der Waals surface area contributed by atoms with Gasteiger partial charge in [0.25, 0.3) is 0 Å². The van der Waals surface area contributed by atoms with E-state index in [1.807, 2.05) is 11.0 Å². The van der Waals surface area contributed by atoms with Crippen molar-refractivity contribution in [1.82, 2.24) is 14.9 Å². The quantitative estimate of drug-likeness (QED) is 0.789. The summed E-state index contributed by atoms with van der Waals surface area (Å²) >= 11 is 0. The normalized spacial score (nSPS) is 23.7. The number of hydrogen-bond donors (Lipinski definition) is 0. The molecule has 2 fully saturated rings. The third-order valence-corrected chi connectivity index (χ3v) is 3.93. The van der Waals surface area contributed by atoms with E-state index < -0.39 is 0 Å². The van der Waals surface area contributed by atoms with Crippen LogP contribution in [0.4, 0.5) is 5.95 Å². The molecule has 0 bridgehead atoms. The number of carbonyl (C=O) groups is 1. The highest BCUT2D eigenvalue weighted by Gasteiger charge is 2.30. The molecule has 0 spiro atoms. The van der Waals surface area contributed by atoms with Crippen molar-refractivity contribution in [1.29, 1.82) is 0 Å². The van der Waals surface area contributed by atoms with Gasteiger partial charge in [-0.2, -0.15) is 0 Å². The monoisotopic (exact) mass is 276 g/mol. The number of ether oxygens (including phenoxy) is 1. The molecule has 0 N–H and O–H groups in total. The number of hydrogen-bond acceptors (Lipinski definition) is 5. The van der Waals surface area contributed by atoms with Crippen LogP contribution in [0.25, 0.3) is 0 Å². The maximum absolute atomic E-state index is 12.5. The Morgan fingerprint density at radius 2 is 1.95 bits per heavy atom. The van der Waals surface area contributed by atoms with Gasteiger partial charge in [0.15, 0.2) is 0 Å². The number of amides is 1. The predicted octanol–water partition coefficient (Wildman–Crippen LogP) is 0.552. The maximum atomic E-state index is 12.5. The van der Waals surface area contributed by atoms with E-state index in [4.69, 9.17) is 4.74 Å². The molecule has 0 radical (unpaired) electrons. The van der Waals surface area contributed by atoms with Gasteiger partial charge >= 0.3 is 0 Å². The third-order valence-electron chi connectivity index (χ3n) is 3.93. The molecule has 1 aromatic rings. The summed E-state index contributed by atoms with van der Waals surface area (Å²) in [4.78, 5) is 25.1. The summed E-state index contributed by atoms with van der Waals surface area (Å²) in [6.07, 6.45) is 5.46. The number of rotatable bonds is 2. The second-order valence-electron chi connectivity index (χ2n) is 5.27. The van der Waals surface area contributed by atoms with Crippen LogP contribution < -0.4 is 4.90 Å². The Labute approximate surface area is 118 Å². The first-order valence-corrected chi connectivity index (χ1v) is 7.23. The topological polar surface area (TPSA) is 58.6 Å². The molecule has 1 amide bonds. The Hall–Kier alpha value is -1.69. The fraction of sp³-hybridized carbons (Fsp3) is 0.643. The first-order chi connectivity index (χ1) is 9.84. The molecule has 6 nitrogen and oxygen atoms in total. The summed E-state index contributed by atoms with van der Waals surface area (Å²) in [6.45, 7) is 4.40. The fourth-order valence-corrected chi connectivity index (χ4v) is 2.86. The van der Waals surface area contributed by atoms with Crippen molar-refractivity contribution in [2.45, 2.75) is 12.8 Å². The van der Waals surface area contributed by atoms with Crippen molar-refractivity contribution in [3.63, 3.8) is 0 Å². The molecule has 1 aromatic heterocycles. The minimum atomic E-state index is 0.0608. The Morgan fingerprint density at radius 1 is 1.20 bits per heavy atom. The molecule has 20 heavy (non-hydrogen) atoms. The zero-order chi connectivity index (χ0) is 13.8. The van der Waals surface area contributed by atoms with E-state index in [9.17, 15) is 4.79 Å². The highest BCUT2D eigenvalue weighted by molar-refractivity contribution is 5.79. The SMILES string of the molecule is O=C([C@@H]1CCCN(c2ncccn2)C1)N1CCOCC1. The lowest BCUT2D eigenvalue weighted by molar-refractivity contribution is -0.139. The van der Waals surface area contributed by atoms with Crippen LogP contribution in [-0.2, 0) is 9.53 Å². The molecular weight excluding hydrogens is 256 g/mol. The molecule has 2 saturated heterocycles. The van der Waals surface area contributed by atoms with E-state index in [-0.39, 0.29) is 11.8 Å². The highest BCUT2D eigenvalue weighted by Crippen LogP contribution is 2.22. The minimum Gasteiger partial charge on any atom is -0.378 e. The molecule has 0 aliphatic carbocycles. The Kier molecular flexibility index (Phi) is 4.11. The lowest BCUT2D eigenvalue weighted by Gasteiger charge is -2.36. The van der Waals surface area contributed by atoms with E-state index >= 15 is 0 Å². The van der Waals surface area contributed by atoms with Gasteiger partial charge in [-0.1, -0.05) is 0 Å². The molecular formula is C14H20N4O2. The fourth-order valence-electron chi connectivity index (χ4n) is 2.86. The van der Waals surface area contributed by atoms with Gasteiger partial charge in [0, 0.05) is 38.6 Å². The highest BCUT2D eigenvalue weighted by atomic mass is 16.5. The van der Waals surface area contributed by atoms with Crippen LogP contribution in [0, 0.1) is 5.92 Å². The molecule has 0 unspecified atom stereocenters. The van der Waals surface area contributed by atoms with Gasteiger partial charge < -0.3 is 14.5 Å². The second-order valence-corrected chi connectivity index (χ2v) is 5.27. The van der Waals surface area contributed by atoms with Gasteiger partial charge in [0.2, 0.25) is 11.9 Å². The summed E-state index contributed by atoms with van der Waals surface area (Å²) in [5.41, 5.74) is 0. The van der Waals surface area contributed by atoms with Crippen molar-refractivity contribution >= 4 is 11.9 Å². The van der Waals surface area contributed by atoms with E-state index in [1.165, 1.54) is 0 Å². The Morgan fingerprint density at radius 3 is 2.70 bits per heavy atom. The number of carbonyl (C=O) groups excluding carboxylic acids is 1. The van der Waals surface area contributed by atoms with E-state index in [2.05, 4.69) is 14.9 Å². The zero-order valence-corrected chi connectivity index (χ0v) is 11.6. The molecule has 3 rings (SSSR count). The standard InChI is InChI=1S/C14H20N4O2/c19-13(17-7-9-20-10-8-17)12-3-1-6-18(11-12)14-15-4-2-5-16-14/h2,4-5,12H,1,3,6-11H2/t12-/m1/s1. The summed E-state index contributed by atoms with van der Waals surface area (Å²) in [5.74, 6) is 1.05. The Balaban J connectivity index is 1.64. The minimum absolute atomic E-state index is 0.0608. The lowest BCUT2D eigenvalue weighted by atomic mass is 9.96. The summed E-state index contributed by atoms with van der Waals surface area (Å²) in [6, 6.07) is 1.81. The molecule has 3 heterocycles. The van der Waals surface area contributed by atoms with E-state index in [0.29, 0.717) is 13.2 Å². The van der Waals surface area contributed by atoms with Crippen molar-refractivity contribution in [2.75, 3.05) is 44.3 Å².